The number of hydrogen-bond acceptors (Lipinski definition) is 5. The van der Waals surface area contributed by atoms with Crippen molar-refractivity contribution in [2.45, 2.75) is 26.8 Å². The molecule has 1 heterocycles. The summed E-state index contributed by atoms with van der Waals surface area (Å²) in [5, 5.41) is 3.10. The lowest BCUT2D eigenvalue weighted by molar-refractivity contribution is 0.0941. The maximum Gasteiger partial charge on any atom is 0.252 e. The number of benzene rings is 2. The van der Waals surface area contributed by atoms with Crippen molar-refractivity contribution < 1.29 is 19.0 Å². The molecule has 0 spiro atoms. The van der Waals surface area contributed by atoms with Gasteiger partial charge in [-0.1, -0.05) is 36.4 Å². The molecule has 0 radical (unpaired) electrons. The summed E-state index contributed by atoms with van der Waals surface area (Å²) in [5.74, 6) is 1.21. The molecule has 6 heteroatoms. The number of hydrogen-bond donors (Lipinski definition) is 1. The van der Waals surface area contributed by atoms with Crippen molar-refractivity contribution in [3.63, 3.8) is 0 Å². The minimum atomic E-state index is -0.396. The maximum atomic E-state index is 13.3. The minimum Gasteiger partial charge on any atom is -0.490 e. The van der Waals surface area contributed by atoms with Gasteiger partial charge in [-0.3, -0.25) is 9.78 Å². The Bertz CT molecular complexity index is 911. The molecule has 1 unspecified atom stereocenters. The third-order valence-electron chi connectivity index (χ3n) is 4.56. The van der Waals surface area contributed by atoms with Gasteiger partial charge in [0.2, 0.25) is 5.75 Å². The predicted octanol–water partition coefficient (Wildman–Crippen LogP) is 4.80. The fourth-order valence-corrected chi connectivity index (χ4v) is 3.25. The highest BCUT2D eigenvalue weighted by Crippen LogP contribution is 2.39. The van der Waals surface area contributed by atoms with Gasteiger partial charge in [0.25, 0.3) is 5.91 Å². The fraction of sp³-hybridized carbons (Fsp3) is 0.280. The minimum absolute atomic E-state index is 0.260. The van der Waals surface area contributed by atoms with Gasteiger partial charge in [0.15, 0.2) is 11.5 Å². The van der Waals surface area contributed by atoms with E-state index in [-0.39, 0.29) is 5.91 Å². The third-order valence-corrected chi connectivity index (χ3v) is 4.56. The summed E-state index contributed by atoms with van der Waals surface area (Å²) in [6.45, 7) is 7.00. The van der Waals surface area contributed by atoms with Crippen LogP contribution in [0.4, 0.5) is 0 Å². The second kappa shape index (κ2) is 11.0. The summed E-state index contributed by atoms with van der Waals surface area (Å²) < 4.78 is 17.2. The molecule has 0 aliphatic rings. The number of aromatic nitrogens is 1. The van der Waals surface area contributed by atoms with Gasteiger partial charge in [0.05, 0.1) is 31.6 Å². The van der Waals surface area contributed by atoms with Crippen LogP contribution in [0.3, 0.4) is 0 Å². The highest BCUT2D eigenvalue weighted by Gasteiger charge is 2.22. The second-order valence-corrected chi connectivity index (χ2v) is 6.67. The monoisotopic (exact) mass is 420 g/mol. The van der Waals surface area contributed by atoms with E-state index in [2.05, 4.69) is 10.3 Å². The largest absolute Gasteiger partial charge is 0.490 e. The summed E-state index contributed by atoms with van der Waals surface area (Å²) >= 11 is 0. The van der Waals surface area contributed by atoms with Gasteiger partial charge in [-0.05, 0) is 50.6 Å². The lowest BCUT2D eigenvalue weighted by Crippen LogP contribution is -2.30. The summed E-state index contributed by atoms with van der Waals surface area (Å²) in [5.41, 5.74) is 2.12. The van der Waals surface area contributed by atoms with Crippen LogP contribution < -0.4 is 19.5 Å². The van der Waals surface area contributed by atoms with Crippen LogP contribution in [0.2, 0.25) is 0 Å². The Labute approximate surface area is 183 Å². The van der Waals surface area contributed by atoms with Gasteiger partial charge in [0, 0.05) is 11.8 Å². The van der Waals surface area contributed by atoms with Crippen LogP contribution in [0.1, 0.15) is 48.4 Å². The molecule has 1 atom stereocenters. The average Bonchev–Trinajstić information content (AvgIpc) is 2.80. The van der Waals surface area contributed by atoms with Crippen molar-refractivity contribution in [2.75, 3.05) is 19.8 Å². The van der Waals surface area contributed by atoms with Crippen LogP contribution in [0.25, 0.3) is 0 Å². The molecule has 0 aliphatic carbocycles. The molecule has 1 aromatic heterocycles. The molecule has 3 rings (SSSR count). The van der Waals surface area contributed by atoms with E-state index in [1.54, 1.807) is 18.3 Å². The van der Waals surface area contributed by atoms with Gasteiger partial charge in [-0.15, -0.1) is 0 Å². The van der Waals surface area contributed by atoms with Gasteiger partial charge in [-0.25, -0.2) is 0 Å². The fourth-order valence-electron chi connectivity index (χ4n) is 3.25. The Hall–Kier alpha value is -3.54. The molecule has 0 fully saturated rings. The summed E-state index contributed by atoms with van der Waals surface area (Å²) in [4.78, 5) is 17.7. The Morgan fingerprint density at radius 2 is 1.48 bits per heavy atom. The van der Waals surface area contributed by atoms with Crippen LogP contribution in [-0.4, -0.2) is 30.7 Å². The number of carbonyl (C=O) groups is 1. The van der Waals surface area contributed by atoms with Crippen LogP contribution >= 0.6 is 0 Å². The van der Waals surface area contributed by atoms with Crippen molar-refractivity contribution in [1.29, 1.82) is 0 Å². The number of rotatable bonds is 10. The van der Waals surface area contributed by atoms with E-state index in [1.165, 1.54) is 0 Å². The molecular formula is C25H28N2O4. The molecule has 2 aromatic carbocycles. The Morgan fingerprint density at radius 3 is 2.03 bits per heavy atom. The Kier molecular flexibility index (Phi) is 7.87. The van der Waals surface area contributed by atoms with Crippen molar-refractivity contribution >= 4 is 5.91 Å². The smallest absolute Gasteiger partial charge is 0.252 e. The van der Waals surface area contributed by atoms with E-state index in [4.69, 9.17) is 14.2 Å². The van der Waals surface area contributed by atoms with Crippen molar-refractivity contribution in [3.05, 3.63) is 83.7 Å². The quantitative estimate of drug-likeness (QED) is 0.510. The summed E-state index contributed by atoms with van der Waals surface area (Å²) in [6, 6.07) is 18.4. The molecule has 6 nitrogen and oxygen atoms in total. The average molecular weight is 421 g/mol. The second-order valence-electron chi connectivity index (χ2n) is 6.67. The lowest BCUT2D eigenvalue weighted by atomic mass is 10.0. The Morgan fingerprint density at radius 1 is 0.871 bits per heavy atom. The lowest BCUT2D eigenvalue weighted by Gasteiger charge is -2.20. The number of carbonyl (C=O) groups excluding carboxylic acids is 1. The zero-order valence-electron chi connectivity index (χ0n) is 18.1. The van der Waals surface area contributed by atoms with Gasteiger partial charge >= 0.3 is 0 Å². The highest BCUT2D eigenvalue weighted by atomic mass is 16.5. The molecule has 0 saturated heterocycles. The van der Waals surface area contributed by atoms with Gasteiger partial charge in [0.1, 0.15) is 0 Å². The summed E-state index contributed by atoms with van der Waals surface area (Å²) in [6.07, 6.45) is 1.72. The van der Waals surface area contributed by atoms with Gasteiger partial charge < -0.3 is 19.5 Å². The van der Waals surface area contributed by atoms with Crippen molar-refractivity contribution in [1.82, 2.24) is 10.3 Å². The first kappa shape index (κ1) is 22.2. The van der Waals surface area contributed by atoms with E-state index in [1.807, 2.05) is 69.3 Å². The molecule has 162 valence electrons. The van der Waals surface area contributed by atoms with E-state index < -0.39 is 6.04 Å². The normalized spacial score (nSPS) is 11.5. The van der Waals surface area contributed by atoms with Gasteiger partial charge in [-0.2, -0.15) is 0 Å². The number of ether oxygens (including phenoxy) is 3. The zero-order chi connectivity index (χ0) is 22.1. The number of amides is 1. The third kappa shape index (κ3) is 5.54. The highest BCUT2D eigenvalue weighted by molar-refractivity contribution is 5.96. The molecule has 0 aliphatic heterocycles. The molecular weight excluding hydrogens is 392 g/mol. The first-order chi connectivity index (χ1) is 15.2. The van der Waals surface area contributed by atoms with Crippen molar-refractivity contribution in [2.24, 2.45) is 0 Å². The maximum absolute atomic E-state index is 13.3. The zero-order valence-corrected chi connectivity index (χ0v) is 18.1. The van der Waals surface area contributed by atoms with E-state index >= 15 is 0 Å². The number of pyridine rings is 1. The van der Waals surface area contributed by atoms with Crippen LogP contribution in [0, 0.1) is 0 Å². The Balaban J connectivity index is 1.98. The molecule has 1 amide bonds. The van der Waals surface area contributed by atoms with Crippen LogP contribution in [0.5, 0.6) is 17.2 Å². The topological polar surface area (TPSA) is 69.7 Å². The molecule has 0 bridgehead atoms. The van der Waals surface area contributed by atoms with E-state index in [0.29, 0.717) is 42.6 Å². The number of nitrogens with one attached hydrogen (secondary N) is 1. The SMILES string of the molecule is CCOc1cc(C(=O)NC(c2ccccc2)c2ccccn2)cc(OCC)c1OCC. The molecule has 0 saturated carbocycles. The first-order valence-electron chi connectivity index (χ1n) is 10.5. The van der Waals surface area contributed by atoms with Crippen molar-refractivity contribution in [3.8, 4) is 17.2 Å². The van der Waals surface area contributed by atoms with Crippen LogP contribution in [-0.2, 0) is 0 Å². The molecule has 3 aromatic rings. The molecule has 1 N–H and O–H groups in total. The standard InChI is InChI=1S/C25H28N2O4/c1-4-29-21-16-19(17-22(30-5-2)24(21)31-6-3)25(28)27-23(18-12-8-7-9-13-18)20-14-10-11-15-26-20/h7-17,23H,4-6H2,1-3H3,(H,27,28). The predicted molar refractivity (Wildman–Crippen MR) is 120 cm³/mol. The summed E-state index contributed by atoms with van der Waals surface area (Å²) in [7, 11) is 0. The molecule has 31 heavy (non-hydrogen) atoms. The van der Waals surface area contributed by atoms with E-state index in [9.17, 15) is 4.79 Å². The van der Waals surface area contributed by atoms with E-state index in [0.717, 1.165) is 11.3 Å². The van der Waals surface area contributed by atoms with Crippen LogP contribution in [0.15, 0.2) is 66.9 Å². The first-order valence-corrected chi connectivity index (χ1v) is 10.5. The number of nitrogens with zero attached hydrogens (tertiary/aromatic N) is 1.